The van der Waals surface area contributed by atoms with E-state index >= 15 is 0 Å². The number of hydrogen-bond donors (Lipinski definition) is 2. The van der Waals surface area contributed by atoms with Crippen LogP contribution in [0.15, 0.2) is 29.5 Å². The van der Waals surface area contributed by atoms with Crippen LogP contribution in [0.3, 0.4) is 0 Å². The third-order valence-corrected chi connectivity index (χ3v) is 2.88. The van der Waals surface area contributed by atoms with Crippen molar-refractivity contribution < 1.29 is 9.84 Å². The first-order chi connectivity index (χ1) is 10.1. The van der Waals surface area contributed by atoms with Crippen molar-refractivity contribution in [3.05, 3.63) is 41.2 Å². The fraction of sp³-hybridized carbons (Fsp3) is 0.333. The van der Waals surface area contributed by atoms with Crippen molar-refractivity contribution in [3.63, 3.8) is 0 Å². The van der Waals surface area contributed by atoms with E-state index in [1.807, 2.05) is 32.0 Å². The molecule has 21 heavy (non-hydrogen) atoms. The molecule has 1 heterocycles. The first-order valence-corrected chi connectivity index (χ1v) is 6.86. The summed E-state index contributed by atoms with van der Waals surface area (Å²) in [7, 11) is 0. The second-order valence-electron chi connectivity index (χ2n) is 4.70. The SMILES string of the molecule is CCCOc1ccc(C=Nn2cc(C)nc2N)cc1CO. The Hall–Kier alpha value is -2.34. The quantitative estimate of drug-likeness (QED) is 0.795. The van der Waals surface area contributed by atoms with Gasteiger partial charge >= 0.3 is 0 Å². The molecule has 0 spiro atoms. The molecular weight excluding hydrogens is 268 g/mol. The highest BCUT2D eigenvalue weighted by Gasteiger charge is 2.04. The number of benzene rings is 1. The van der Waals surface area contributed by atoms with E-state index in [4.69, 9.17) is 10.5 Å². The summed E-state index contributed by atoms with van der Waals surface area (Å²) in [5.74, 6) is 1.04. The Labute approximate surface area is 123 Å². The van der Waals surface area contributed by atoms with Crippen molar-refractivity contribution >= 4 is 12.2 Å². The number of anilines is 1. The van der Waals surface area contributed by atoms with Gasteiger partial charge in [0.1, 0.15) is 5.75 Å². The summed E-state index contributed by atoms with van der Waals surface area (Å²) in [5.41, 5.74) is 8.12. The maximum atomic E-state index is 9.42. The van der Waals surface area contributed by atoms with E-state index in [2.05, 4.69) is 10.1 Å². The minimum atomic E-state index is -0.0763. The van der Waals surface area contributed by atoms with Crippen LogP contribution in [0.2, 0.25) is 0 Å². The smallest absolute Gasteiger partial charge is 0.221 e. The lowest BCUT2D eigenvalue weighted by Gasteiger charge is -2.09. The number of nitrogens with zero attached hydrogens (tertiary/aromatic N) is 3. The lowest BCUT2D eigenvalue weighted by Crippen LogP contribution is -2.00. The predicted octanol–water partition coefficient (Wildman–Crippen LogP) is 1.94. The number of aromatic nitrogens is 2. The van der Waals surface area contributed by atoms with Crippen molar-refractivity contribution in [1.82, 2.24) is 9.66 Å². The zero-order chi connectivity index (χ0) is 15.2. The molecule has 0 amide bonds. The van der Waals surface area contributed by atoms with Crippen molar-refractivity contribution in [2.45, 2.75) is 26.9 Å². The molecule has 2 rings (SSSR count). The largest absolute Gasteiger partial charge is 0.493 e. The Kier molecular flexibility index (Phi) is 4.94. The highest BCUT2D eigenvalue weighted by Crippen LogP contribution is 2.20. The fourth-order valence-electron chi connectivity index (χ4n) is 1.88. The van der Waals surface area contributed by atoms with Gasteiger partial charge < -0.3 is 15.6 Å². The van der Waals surface area contributed by atoms with Gasteiger partial charge in [0.25, 0.3) is 0 Å². The fourth-order valence-corrected chi connectivity index (χ4v) is 1.88. The lowest BCUT2D eigenvalue weighted by molar-refractivity contribution is 0.263. The third kappa shape index (κ3) is 3.82. The predicted molar refractivity (Wildman–Crippen MR) is 82.5 cm³/mol. The number of hydrogen-bond acceptors (Lipinski definition) is 5. The highest BCUT2D eigenvalue weighted by molar-refractivity contribution is 5.80. The van der Waals surface area contributed by atoms with Crippen LogP contribution in [-0.4, -0.2) is 27.6 Å². The number of aliphatic hydroxyl groups is 1. The number of rotatable bonds is 6. The van der Waals surface area contributed by atoms with Gasteiger partial charge in [-0.2, -0.15) is 5.10 Å². The van der Waals surface area contributed by atoms with Crippen LogP contribution < -0.4 is 10.5 Å². The topological polar surface area (TPSA) is 85.7 Å². The molecule has 0 atom stereocenters. The second kappa shape index (κ2) is 6.90. The summed E-state index contributed by atoms with van der Waals surface area (Å²) in [4.78, 5) is 4.07. The van der Waals surface area contributed by atoms with Gasteiger partial charge in [-0.1, -0.05) is 6.92 Å². The average molecular weight is 288 g/mol. The van der Waals surface area contributed by atoms with Gasteiger partial charge in [0, 0.05) is 5.56 Å². The molecule has 6 nitrogen and oxygen atoms in total. The Morgan fingerprint density at radius 2 is 2.29 bits per heavy atom. The van der Waals surface area contributed by atoms with Crippen molar-refractivity contribution in [2.75, 3.05) is 12.3 Å². The second-order valence-corrected chi connectivity index (χ2v) is 4.70. The van der Waals surface area contributed by atoms with Gasteiger partial charge in [-0.15, -0.1) is 0 Å². The molecule has 0 aliphatic heterocycles. The number of nitrogens with two attached hydrogens (primary N) is 1. The van der Waals surface area contributed by atoms with E-state index in [0.717, 1.165) is 23.2 Å². The molecule has 0 aliphatic carbocycles. The maximum Gasteiger partial charge on any atom is 0.221 e. The number of ether oxygens (including phenoxy) is 1. The standard InChI is InChI=1S/C15H20N4O2/c1-3-6-21-14-5-4-12(7-13(14)10-20)8-17-19-9-11(2)18-15(19)16/h4-5,7-9,20H,3,6,10H2,1-2H3,(H2,16,18). The van der Waals surface area contributed by atoms with Crippen LogP contribution in [0.4, 0.5) is 5.95 Å². The number of nitrogen functional groups attached to an aromatic ring is 1. The molecule has 1 aromatic carbocycles. The number of aryl methyl sites for hydroxylation is 1. The zero-order valence-corrected chi connectivity index (χ0v) is 12.3. The molecule has 2 aromatic rings. The van der Waals surface area contributed by atoms with Gasteiger partial charge in [0.2, 0.25) is 5.95 Å². The van der Waals surface area contributed by atoms with E-state index in [0.29, 0.717) is 18.3 Å². The van der Waals surface area contributed by atoms with E-state index in [-0.39, 0.29) is 6.61 Å². The summed E-state index contributed by atoms with van der Waals surface area (Å²) in [6, 6.07) is 5.56. The van der Waals surface area contributed by atoms with Crippen molar-refractivity contribution in [1.29, 1.82) is 0 Å². The average Bonchev–Trinajstić information content (AvgIpc) is 2.81. The summed E-state index contributed by atoms with van der Waals surface area (Å²) < 4.78 is 7.09. The van der Waals surface area contributed by atoms with Crippen molar-refractivity contribution in [2.24, 2.45) is 5.10 Å². The van der Waals surface area contributed by atoms with Gasteiger partial charge in [0.15, 0.2) is 0 Å². The first kappa shape index (κ1) is 15.1. The van der Waals surface area contributed by atoms with Gasteiger partial charge in [-0.25, -0.2) is 9.66 Å². The normalized spacial score (nSPS) is 11.2. The Morgan fingerprint density at radius 3 is 2.90 bits per heavy atom. The number of aliphatic hydroxyl groups excluding tert-OH is 1. The molecule has 0 unspecified atom stereocenters. The molecule has 0 aliphatic rings. The Bertz CT molecular complexity index is 635. The van der Waals surface area contributed by atoms with E-state index < -0.39 is 0 Å². The van der Waals surface area contributed by atoms with Crippen molar-refractivity contribution in [3.8, 4) is 5.75 Å². The molecule has 0 saturated carbocycles. The van der Waals surface area contributed by atoms with Crippen LogP contribution in [0.25, 0.3) is 0 Å². The monoisotopic (exact) mass is 288 g/mol. The van der Waals surface area contributed by atoms with E-state index in [1.54, 1.807) is 12.4 Å². The molecule has 0 radical (unpaired) electrons. The molecule has 0 bridgehead atoms. The Balaban J connectivity index is 2.19. The maximum absolute atomic E-state index is 9.42. The summed E-state index contributed by atoms with van der Waals surface area (Å²) >= 11 is 0. The lowest BCUT2D eigenvalue weighted by atomic mass is 10.1. The Morgan fingerprint density at radius 1 is 1.48 bits per heavy atom. The van der Waals surface area contributed by atoms with Crippen LogP contribution in [0.5, 0.6) is 5.75 Å². The minimum Gasteiger partial charge on any atom is -0.493 e. The third-order valence-electron chi connectivity index (χ3n) is 2.88. The highest BCUT2D eigenvalue weighted by atomic mass is 16.5. The molecule has 0 fully saturated rings. The summed E-state index contributed by atoms with van der Waals surface area (Å²) in [5, 5.41) is 13.7. The zero-order valence-electron chi connectivity index (χ0n) is 12.3. The van der Waals surface area contributed by atoms with Gasteiger partial charge in [-0.3, -0.25) is 0 Å². The van der Waals surface area contributed by atoms with Gasteiger partial charge in [0.05, 0.1) is 31.3 Å². The molecular formula is C15H20N4O2. The minimum absolute atomic E-state index is 0.0763. The summed E-state index contributed by atoms with van der Waals surface area (Å²) in [6.45, 7) is 4.45. The molecule has 0 saturated heterocycles. The molecule has 1 aromatic heterocycles. The summed E-state index contributed by atoms with van der Waals surface area (Å²) in [6.07, 6.45) is 4.34. The van der Waals surface area contributed by atoms with Gasteiger partial charge in [-0.05, 0) is 37.1 Å². The van der Waals surface area contributed by atoms with E-state index in [1.165, 1.54) is 4.68 Å². The van der Waals surface area contributed by atoms with Crippen LogP contribution in [0, 0.1) is 6.92 Å². The van der Waals surface area contributed by atoms with E-state index in [9.17, 15) is 5.11 Å². The first-order valence-electron chi connectivity index (χ1n) is 6.86. The van der Waals surface area contributed by atoms with Crippen LogP contribution in [-0.2, 0) is 6.61 Å². The molecule has 112 valence electrons. The molecule has 6 heteroatoms. The number of imidazole rings is 1. The van der Waals surface area contributed by atoms with Crippen LogP contribution in [0.1, 0.15) is 30.2 Å². The van der Waals surface area contributed by atoms with Crippen LogP contribution >= 0.6 is 0 Å². The molecule has 3 N–H and O–H groups in total.